The van der Waals surface area contributed by atoms with E-state index in [1.54, 1.807) is 12.4 Å². The van der Waals surface area contributed by atoms with Crippen molar-refractivity contribution in [1.82, 2.24) is 19.4 Å². The maximum Gasteiger partial charge on any atom is 0.416 e. The highest BCUT2D eigenvalue weighted by molar-refractivity contribution is 6.04. The SMILES string of the molecule is Nc1nccn2c(C34CCC(C(=O)O)(CC3)CC4)nc(-c3ccc(C(=O)Nc4cc(C(F)(F)F)ccn4)cc3O)c12. The molecule has 10 nitrogen and oxygen atoms in total. The summed E-state index contributed by atoms with van der Waals surface area (Å²) < 4.78 is 40.9. The number of hydrogen-bond donors (Lipinski definition) is 4. The van der Waals surface area contributed by atoms with Crippen LogP contribution >= 0.6 is 0 Å². The number of nitrogen functional groups attached to an aromatic ring is 1. The van der Waals surface area contributed by atoms with E-state index < -0.39 is 29.0 Å². The lowest BCUT2D eigenvalue weighted by molar-refractivity contribution is -0.156. The second kappa shape index (κ2) is 9.18. The Morgan fingerprint density at radius 1 is 1.00 bits per heavy atom. The zero-order valence-electron chi connectivity index (χ0n) is 21.6. The number of imidazole rings is 1. The van der Waals surface area contributed by atoms with Crippen LogP contribution in [-0.2, 0) is 16.4 Å². The molecule has 1 amide bonds. The topological polar surface area (TPSA) is 156 Å². The minimum atomic E-state index is -4.60. The van der Waals surface area contributed by atoms with Gasteiger partial charge >= 0.3 is 12.1 Å². The molecular formula is C28H25F3N6O4. The number of halogens is 3. The lowest BCUT2D eigenvalue weighted by atomic mass is 9.53. The fourth-order valence-electron chi connectivity index (χ4n) is 6.20. The Kier molecular flexibility index (Phi) is 5.94. The number of carboxylic acid groups (broad SMARTS) is 1. The fraction of sp³-hybridized carbons (Fsp3) is 0.321. The lowest BCUT2D eigenvalue weighted by Crippen LogP contribution is -2.48. The van der Waals surface area contributed by atoms with Gasteiger partial charge in [-0.2, -0.15) is 13.2 Å². The first-order valence-electron chi connectivity index (χ1n) is 13.0. The van der Waals surface area contributed by atoms with Gasteiger partial charge in [0.25, 0.3) is 5.91 Å². The van der Waals surface area contributed by atoms with Crippen LogP contribution in [-0.4, -0.2) is 41.4 Å². The molecule has 3 aromatic heterocycles. The molecule has 41 heavy (non-hydrogen) atoms. The second-order valence-electron chi connectivity index (χ2n) is 10.8. The van der Waals surface area contributed by atoms with Crippen molar-refractivity contribution in [2.45, 2.75) is 50.1 Å². The number of rotatable bonds is 5. The fourth-order valence-corrected chi connectivity index (χ4v) is 6.20. The van der Waals surface area contributed by atoms with Crippen molar-refractivity contribution in [3.8, 4) is 17.0 Å². The Labute approximate surface area is 231 Å². The minimum absolute atomic E-state index is 0.0107. The van der Waals surface area contributed by atoms with Gasteiger partial charge in [-0.3, -0.25) is 14.0 Å². The van der Waals surface area contributed by atoms with E-state index in [1.165, 1.54) is 18.2 Å². The first-order valence-corrected chi connectivity index (χ1v) is 13.0. The number of aromatic nitrogens is 4. The molecule has 3 fully saturated rings. The van der Waals surface area contributed by atoms with Crippen molar-refractivity contribution in [1.29, 1.82) is 0 Å². The largest absolute Gasteiger partial charge is 0.507 e. The summed E-state index contributed by atoms with van der Waals surface area (Å²) in [7, 11) is 0. The Morgan fingerprint density at radius 3 is 2.34 bits per heavy atom. The molecule has 1 aromatic carbocycles. The molecule has 212 valence electrons. The number of anilines is 2. The summed E-state index contributed by atoms with van der Waals surface area (Å²) in [6.07, 6.45) is 3.21. The number of fused-ring (bicyclic) bond motifs is 4. The summed E-state index contributed by atoms with van der Waals surface area (Å²) in [6.45, 7) is 0. The summed E-state index contributed by atoms with van der Waals surface area (Å²) >= 11 is 0. The Morgan fingerprint density at radius 2 is 1.71 bits per heavy atom. The summed E-state index contributed by atoms with van der Waals surface area (Å²) in [4.78, 5) is 37.6. The van der Waals surface area contributed by atoms with E-state index in [9.17, 15) is 33.0 Å². The van der Waals surface area contributed by atoms with Crippen LogP contribution in [0.3, 0.4) is 0 Å². The smallest absolute Gasteiger partial charge is 0.416 e. The van der Waals surface area contributed by atoms with Crippen LogP contribution in [0.2, 0.25) is 0 Å². The molecule has 2 bridgehead atoms. The van der Waals surface area contributed by atoms with Gasteiger partial charge in [0.2, 0.25) is 0 Å². The first-order chi connectivity index (χ1) is 19.4. The number of carboxylic acids is 1. The number of pyridine rings is 1. The van der Waals surface area contributed by atoms with E-state index >= 15 is 0 Å². The normalized spacial score (nSPS) is 22.1. The number of phenolic OH excluding ortho intramolecular Hbond substituents is 1. The molecule has 0 spiro atoms. The van der Waals surface area contributed by atoms with E-state index in [0.29, 0.717) is 55.6 Å². The van der Waals surface area contributed by atoms with E-state index in [4.69, 9.17) is 10.7 Å². The molecule has 5 N–H and O–H groups in total. The van der Waals surface area contributed by atoms with Crippen LogP contribution < -0.4 is 11.1 Å². The maximum atomic E-state index is 13.0. The number of hydrogen-bond acceptors (Lipinski definition) is 7. The standard InChI is InChI=1S/C28H25F3N6O4/c29-28(30,31)16-3-10-33-19(14-16)35-23(39)15-1-2-17(18(38)13-15)20-21-22(32)34-11-12-37(21)24(36-20)26-4-7-27(8-5-26,9-6-26)25(40)41/h1-3,10-14,38H,4-9H2,(H2,32,34)(H,40,41)(H,33,35,39). The van der Waals surface area contributed by atoms with Gasteiger partial charge in [-0.15, -0.1) is 0 Å². The van der Waals surface area contributed by atoms with Crippen LogP contribution in [0.1, 0.15) is 60.3 Å². The molecule has 0 unspecified atom stereocenters. The van der Waals surface area contributed by atoms with Crippen LogP contribution in [0, 0.1) is 5.41 Å². The number of carbonyl (C=O) groups is 2. The Bertz CT molecular complexity index is 1690. The van der Waals surface area contributed by atoms with Gasteiger partial charge in [0.15, 0.2) is 0 Å². The van der Waals surface area contributed by atoms with Crippen molar-refractivity contribution < 1.29 is 33.0 Å². The van der Waals surface area contributed by atoms with Crippen molar-refractivity contribution in [2.24, 2.45) is 5.41 Å². The number of amides is 1. The second-order valence-corrected chi connectivity index (χ2v) is 10.8. The quantitative estimate of drug-likeness (QED) is 0.262. The molecule has 0 aliphatic heterocycles. The third-order valence-electron chi connectivity index (χ3n) is 8.60. The first kappa shape index (κ1) is 26.5. The number of phenols is 1. The van der Waals surface area contributed by atoms with Crippen molar-refractivity contribution >= 4 is 29.0 Å². The summed E-state index contributed by atoms with van der Waals surface area (Å²) in [5.41, 5.74) is 5.34. The third-order valence-corrected chi connectivity index (χ3v) is 8.60. The van der Waals surface area contributed by atoms with Crippen molar-refractivity contribution in [2.75, 3.05) is 11.1 Å². The number of nitrogens with zero attached hydrogens (tertiary/aromatic N) is 4. The van der Waals surface area contributed by atoms with Crippen LogP contribution in [0.15, 0.2) is 48.9 Å². The number of carbonyl (C=O) groups excluding carboxylic acids is 1. The number of alkyl halides is 3. The monoisotopic (exact) mass is 566 g/mol. The highest BCUT2D eigenvalue weighted by Crippen LogP contribution is 2.58. The average Bonchev–Trinajstić information content (AvgIpc) is 3.35. The van der Waals surface area contributed by atoms with Gasteiger partial charge < -0.3 is 21.3 Å². The molecule has 0 saturated heterocycles. The number of aromatic hydroxyl groups is 1. The molecule has 7 rings (SSSR count). The molecule has 0 atom stereocenters. The molecule has 3 aliphatic rings. The minimum Gasteiger partial charge on any atom is -0.507 e. The van der Waals surface area contributed by atoms with Crippen LogP contribution in [0.5, 0.6) is 5.75 Å². The average molecular weight is 567 g/mol. The molecule has 3 heterocycles. The van der Waals surface area contributed by atoms with E-state index in [1.807, 2.05) is 4.40 Å². The highest BCUT2D eigenvalue weighted by atomic mass is 19.4. The zero-order chi connectivity index (χ0) is 29.2. The Hall–Kier alpha value is -4.68. The molecule has 4 aromatic rings. The molecule has 3 aliphatic carbocycles. The maximum absolute atomic E-state index is 13.0. The van der Waals surface area contributed by atoms with Gasteiger partial charge in [0, 0.05) is 35.1 Å². The lowest BCUT2D eigenvalue weighted by Gasteiger charge is -2.50. The van der Waals surface area contributed by atoms with Gasteiger partial charge in [-0.05, 0) is 68.9 Å². The number of nitrogens with one attached hydrogen (secondary N) is 1. The van der Waals surface area contributed by atoms with Crippen LogP contribution in [0.4, 0.5) is 24.8 Å². The van der Waals surface area contributed by atoms with Crippen LogP contribution in [0.25, 0.3) is 16.8 Å². The molecule has 13 heteroatoms. The molecule has 0 radical (unpaired) electrons. The number of benzene rings is 1. The van der Waals surface area contributed by atoms with Crippen molar-refractivity contribution in [3.63, 3.8) is 0 Å². The summed E-state index contributed by atoms with van der Waals surface area (Å²) in [5, 5.41) is 23.1. The van der Waals surface area contributed by atoms with E-state index in [2.05, 4.69) is 15.3 Å². The third kappa shape index (κ3) is 4.32. The van der Waals surface area contributed by atoms with Crippen molar-refractivity contribution in [3.05, 3.63) is 65.9 Å². The van der Waals surface area contributed by atoms with E-state index in [-0.39, 0.29) is 33.9 Å². The number of aliphatic carboxylic acids is 1. The summed E-state index contributed by atoms with van der Waals surface area (Å²) in [6, 6.07) is 5.60. The summed E-state index contributed by atoms with van der Waals surface area (Å²) in [5.74, 6) is -1.21. The highest BCUT2D eigenvalue weighted by Gasteiger charge is 2.55. The van der Waals surface area contributed by atoms with Gasteiger partial charge in [0.05, 0.1) is 11.0 Å². The molecule has 3 saturated carbocycles. The Balaban J connectivity index is 1.34. The van der Waals surface area contributed by atoms with Gasteiger partial charge in [-0.1, -0.05) is 0 Å². The van der Waals surface area contributed by atoms with E-state index in [0.717, 1.165) is 18.3 Å². The zero-order valence-corrected chi connectivity index (χ0v) is 21.6. The predicted molar refractivity (Wildman–Crippen MR) is 141 cm³/mol. The number of nitrogens with two attached hydrogens (primary N) is 1. The molecular weight excluding hydrogens is 541 g/mol. The predicted octanol–water partition coefficient (Wildman–Crippen LogP) is 5.03. The van der Waals surface area contributed by atoms with Gasteiger partial charge in [-0.25, -0.2) is 15.0 Å². The van der Waals surface area contributed by atoms with Gasteiger partial charge in [0.1, 0.15) is 34.4 Å².